The number of fused-ring (bicyclic) bond motifs is 1. The van der Waals surface area contributed by atoms with Crippen LogP contribution in [0.1, 0.15) is 5.56 Å². The molecule has 4 N–H and O–H groups in total. The van der Waals surface area contributed by atoms with E-state index in [0.717, 1.165) is 5.56 Å². The Labute approximate surface area is 120 Å². The fraction of sp³-hybridized carbons (Fsp3) is 0.143. The molecular formula is C14H15FN6. The second kappa shape index (κ2) is 5.76. The molecule has 0 fully saturated rings. The molecule has 0 unspecified atom stereocenters. The van der Waals surface area contributed by atoms with Gasteiger partial charge in [-0.15, -0.1) is 0 Å². The number of hydrogen-bond donors (Lipinski definition) is 3. The first-order valence-corrected chi connectivity index (χ1v) is 6.55. The zero-order chi connectivity index (χ0) is 14.7. The lowest BCUT2D eigenvalue weighted by Crippen LogP contribution is -2.13. The number of rotatable bonds is 5. The van der Waals surface area contributed by atoms with Gasteiger partial charge in [-0.3, -0.25) is 0 Å². The fourth-order valence-electron chi connectivity index (χ4n) is 2.14. The molecule has 0 bridgehead atoms. The maximum Gasteiger partial charge on any atom is 0.180 e. The van der Waals surface area contributed by atoms with Crippen molar-refractivity contribution in [2.45, 2.75) is 6.42 Å². The molecule has 0 radical (unpaired) electrons. The van der Waals surface area contributed by atoms with Crippen LogP contribution in [0.3, 0.4) is 0 Å². The zero-order valence-electron chi connectivity index (χ0n) is 11.3. The summed E-state index contributed by atoms with van der Waals surface area (Å²) in [6.45, 7) is 0.618. The fourth-order valence-corrected chi connectivity index (χ4v) is 2.14. The summed E-state index contributed by atoms with van der Waals surface area (Å²) in [4.78, 5) is 8.58. The summed E-state index contributed by atoms with van der Waals surface area (Å²) in [5.41, 5.74) is 4.16. The minimum Gasteiger partial charge on any atom is -0.367 e. The maximum atomic E-state index is 13.1. The van der Waals surface area contributed by atoms with Crippen molar-refractivity contribution in [1.29, 1.82) is 0 Å². The predicted molar refractivity (Wildman–Crippen MR) is 79.4 cm³/mol. The van der Waals surface area contributed by atoms with E-state index >= 15 is 0 Å². The summed E-state index contributed by atoms with van der Waals surface area (Å²) in [5.74, 6) is 6.34. The molecule has 2 heterocycles. The number of imidazole rings is 1. The smallest absolute Gasteiger partial charge is 0.180 e. The summed E-state index contributed by atoms with van der Waals surface area (Å²) < 4.78 is 14.9. The van der Waals surface area contributed by atoms with E-state index < -0.39 is 0 Å². The Bertz CT molecular complexity index is 754. The quantitative estimate of drug-likeness (QED) is 0.492. The Kier molecular flexibility index (Phi) is 3.65. The lowest BCUT2D eigenvalue weighted by Gasteiger charge is -2.09. The molecule has 21 heavy (non-hydrogen) atoms. The highest BCUT2D eigenvalue weighted by Crippen LogP contribution is 2.15. The molecule has 1 aromatic carbocycles. The van der Waals surface area contributed by atoms with Crippen molar-refractivity contribution in [1.82, 2.24) is 14.4 Å². The van der Waals surface area contributed by atoms with Crippen molar-refractivity contribution in [3.63, 3.8) is 0 Å². The van der Waals surface area contributed by atoms with Gasteiger partial charge in [0.15, 0.2) is 17.3 Å². The molecular weight excluding hydrogens is 271 g/mol. The van der Waals surface area contributed by atoms with Crippen LogP contribution in [-0.2, 0) is 6.42 Å². The van der Waals surface area contributed by atoms with E-state index in [9.17, 15) is 4.39 Å². The standard InChI is InChI=1S/C14H15FN6/c15-11-3-1-2-10(8-11)4-5-17-13-14-18-6-7-21(14)9-12(19-13)20-16/h1-3,6-9,20H,4-5,16H2,(H,17,19). The third-order valence-electron chi connectivity index (χ3n) is 3.12. The second-order valence-corrected chi connectivity index (χ2v) is 4.58. The van der Waals surface area contributed by atoms with Crippen molar-refractivity contribution in [2.24, 2.45) is 5.84 Å². The molecule has 3 rings (SSSR count). The van der Waals surface area contributed by atoms with E-state index in [1.807, 2.05) is 16.7 Å². The summed E-state index contributed by atoms with van der Waals surface area (Å²) in [6, 6.07) is 6.55. The number of benzene rings is 1. The monoisotopic (exact) mass is 286 g/mol. The summed E-state index contributed by atoms with van der Waals surface area (Å²) >= 11 is 0. The average Bonchev–Trinajstić information content (AvgIpc) is 2.95. The molecule has 0 spiro atoms. The first-order valence-electron chi connectivity index (χ1n) is 6.55. The summed E-state index contributed by atoms with van der Waals surface area (Å²) in [5, 5.41) is 3.20. The number of nitrogens with one attached hydrogen (secondary N) is 2. The Hall–Kier alpha value is -2.67. The topological polar surface area (TPSA) is 80.3 Å². The molecule has 0 saturated carbocycles. The van der Waals surface area contributed by atoms with E-state index in [1.54, 1.807) is 18.5 Å². The molecule has 0 saturated heterocycles. The van der Waals surface area contributed by atoms with Gasteiger partial charge in [0.05, 0.1) is 6.20 Å². The van der Waals surface area contributed by atoms with Crippen LogP contribution in [0.5, 0.6) is 0 Å². The largest absolute Gasteiger partial charge is 0.367 e. The summed E-state index contributed by atoms with van der Waals surface area (Å²) in [6.07, 6.45) is 5.94. The van der Waals surface area contributed by atoms with Crippen LogP contribution in [0.4, 0.5) is 16.0 Å². The van der Waals surface area contributed by atoms with Crippen LogP contribution in [-0.4, -0.2) is 20.9 Å². The minimum atomic E-state index is -0.226. The van der Waals surface area contributed by atoms with Crippen molar-refractivity contribution in [2.75, 3.05) is 17.3 Å². The molecule has 108 valence electrons. The predicted octanol–water partition coefficient (Wildman–Crippen LogP) is 1.81. The van der Waals surface area contributed by atoms with E-state index in [0.29, 0.717) is 30.2 Å². The average molecular weight is 286 g/mol. The van der Waals surface area contributed by atoms with Gasteiger partial charge in [-0.2, -0.15) is 0 Å². The molecule has 2 aromatic heterocycles. The van der Waals surface area contributed by atoms with Crippen LogP contribution in [0.2, 0.25) is 0 Å². The molecule has 6 nitrogen and oxygen atoms in total. The molecule has 0 aliphatic heterocycles. The molecule has 0 amide bonds. The highest BCUT2D eigenvalue weighted by atomic mass is 19.1. The normalized spacial score (nSPS) is 10.8. The molecule has 3 aromatic rings. The number of hydrogen-bond acceptors (Lipinski definition) is 5. The van der Waals surface area contributed by atoms with Crippen LogP contribution < -0.4 is 16.6 Å². The van der Waals surface area contributed by atoms with Crippen LogP contribution in [0.15, 0.2) is 42.9 Å². The highest BCUT2D eigenvalue weighted by molar-refractivity contribution is 5.65. The number of nitrogens with two attached hydrogens (primary N) is 1. The van der Waals surface area contributed by atoms with Crippen LogP contribution in [0.25, 0.3) is 5.65 Å². The molecule has 0 aliphatic carbocycles. The number of halogens is 1. The van der Waals surface area contributed by atoms with Gasteiger partial charge in [0.2, 0.25) is 0 Å². The van der Waals surface area contributed by atoms with Gasteiger partial charge in [-0.25, -0.2) is 20.2 Å². The van der Waals surface area contributed by atoms with Gasteiger partial charge in [0.1, 0.15) is 5.82 Å². The van der Waals surface area contributed by atoms with Gasteiger partial charge >= 0.3 is 0 Å². The SMILES string of the molecule is NNc1cn2ccnc2c(NCCc2cccc(F)c2)n1. The van der Waals surface area contributed by atoms with Gasteiger partial charge in [-0.1, -0.05) is 12.1 Å². The van der Waals surface area contributed by atoms with E-state index in [1.165, 1.54) is 12.1 Å². The van der Waals surface area contributed by atoms with Crippen LogP contribution in [0, 0.1) is 5.82 Å². The molecule has 0 aliphatic rings. The lowest BCUT2D eigenvalue weighted by molar-refractivity contribution is 0.625. The third kappa shape index (κ3) is 2.92. The number of aromatic nitrogens is 3. The van der Waals surface area contributed by atoms with E-state index in [4.69, 9.17) is 5.84 Å². The number of nitrogens with zero attached hydrogens (tertiary/aromatic N) is 3. The Morgan fingerprint density at radius 3 is 3.05 bits per heavy atom. The number of hydrazine groups is 1. The minimum absolute atomic E-state index is 0.226. The highest BCUT2D eigenvalue weighted by Gasteiger charge is 2.06. The van der Waals surface area contributed by atoms with Crippen molar-refractivity contribution in [3.8, 4) is 0 Å². The number of anilines is 2. The molecule has 0 atom stereocenters. The molecule has 7 heteroatoms. The number of nitrogen functional groups attached to an aromatic ring is 1. The Morgan fingerprint density at radius 1 is 1.33 bits per heavy atom. The van der Waals surface area contributed by atoms with Crippen LogP contribution >= 0.6 is 0 Å². The van der Waals surface area contributed by atoms with Gasteiger partial charge in [0.25, 0.3) is 0 Å². The van der Waals surface area contributed by atoms with Crippen molar-refractivity contribution in [3.05, 3.63) is 54.2 Å². The van der Waals surface area contributed by atoms with Crippen molar-refractivity contribution < 1.29 is 4.39 Å². The maximum absolute atomic E-state index is 13.1. The van der Waals surface area contributed by atoms with Crippen molar-refractivity contribution >= 4 is 17.3 Å². The van der Waals surface area contributed by atoms with Gasteiger partial charge < -0.3 is 15.1 Å². The first-order chi connectivity index (χ1) is 10.3. The first kappa shape index (κ1) is 13.3. The second-order valence-electron chi connectivity index (χ2n) is 4.58. The van der Waals surface area contributed by atoms with E-state index in [2.05, 4.69) is 20.7 Å². The van der Waals surface area contributed by atoms with Gasteiger partial charge in [-0.05, 0) is 24.1 Å². The lowest BCUT2D eigenvalue weighted by atomic mass is 10.1. The third-order valence-corrected chi connectivity index (χ3v) is 3.12. The van der Waals surface area contributed by atoms with Gasteiger partial charge in [0, 0.05) is 18.9 Å². The zero-order valence-corrected chi connectivity index (χ0v) is 11.3. The summed E-state index contributed by atoms with van der Waals surface area (Å²) in [7, 11) is 0. The Morgan fingerprint density at radius 2 is 2.24 bits per heavy atom. The Balaban J connectivity index is 1.74. The van der Waals surface area contributed by atoms with E-state index in [-0.39, 0.29) is 5.82 Å².